The summed E-state index contributed by atoms with van der Waals surface area (Å²) in [7, 11) is 3.31. The second-order valence-corrected chi connectivity index (χ2v) is 9.10. The van der Waals surface area contributed by atoms with Gasteiger partial charge in [0.25, 0.3) is 5.91 Å². The van der Waals surface area contributed by atoms with Gasteiger partial charge < -0.3 is 25.0 Å². The van der Waals surface area contributed by atoms with Crippen LogP contribution in [0.5, 0.6) is 5.75 Å². The molecule has 1 aromatic carbocycles. The standard InChI is InChI=1S/C24H27N7O4S/c1-29-21-13-16(35-12-11-34-2)3-4-20(21)31(24(29)33)23-28-18(15-36-23)22(32)27-17-14-26-6-5-19(17)30-9-7-25-8-10-30/h3-6,13-15,25H,7-12H2,1-2H3,(H,27,32). The molecule has 1 saturated heterocycles. The van der Waals surface area contributed by atoms with Crippen molar-refractivity contribution in [3.05, 3.63) is 58.2 Å². The number of amides is 1. The fourth-order valence-electron chi connectivity index (χ4n) is 4.16. The van der Waals surface area contributed by atoms with Crippen molar-refractivity contribution in [1.82, 2.24) is 24.4 Å². The van der Waals surface area contributed by atoms with Crippen LogP contribution in [-0.2, 0) is 11.8 Å². The number of piperazine rings is 1. The highest BCUT2D eigenvalue weighted by molar-refractivity contribution is 7.12. The molecule has 5 rings (SSSR count). The molecule has 3 aromatic heterocycles. The van der Waals surface area contributed by atoms with Crippen LogP contribution in [0.25, 0.3) is 16.2 Å². The first-order valence-corrected chi connectivity index (χ1v) is 12.4. The molecule has 188 valence electrons. The van der Waals surface area contributed by atoms with Crippen molar-refractivity contribution >= 4 is 39.7 Å². The number of imidazole rings is 1. The van der Waals surface area contributed by atoms with Gasteiger partial charge in [0.2, 0.25) is 0 Å². The topological polar surface area (TPSA) is 116 Å². The van der Waals surface area contributed by atoms with Crippen molar-refractivity contribution < 1.29 is 14.3 Å². The van der Waals surface area contributed by atoms with Crippen molar-refractivity contribution in [2.75, 3.05) is 56.7 Å². The predicted octanol–water partition coefficient (Wildman–Crippen LogP) is 1.87. The number of nitrogens with zero attached hydrogens (tertiary/aromatic N) is 5. The number of hydrogen-bond donors (Lipinski definition) is 2. The lowest BCUT2D eigenvalue weighted by molar-refractivity contribution is 0.102. The highest BCUT2D eigenvalue weighted by Gasteiger charge is 2.20. The van der Waals surface area contributed by atoms with Gasteiger partial charge in [-0.05, 0) is 18.2 Å². The minimum absolute atomic E-state index is 0.230. The molecule has 1 aliphatic heterocycles. The summed E-state index contributed by atoms with van der Waals surface area (Å²) >= 11 is 1.23. The van der Waals surface area contributed by atoms with Crippen LogP contribution in [0.4, 0.5) is 11.4 Å². The van der Waals surface area contributed by atoms with E-state index < -0.39 is 0 Å². The van der Waals surface area contributed by atoms with E-state index in [9.17, 15) is 9.59 Å². The van der Waals surface area contributed by atoms with E-state index in [1.807, 2.05) is 18.2 Å². The monoisotopic (exact) mass is 509 g/mol. The van der Waals surface area contributed by atoms with Gasteiger partial charge in [-0.2, -0.15) is 0 Å². The van der Waals surface area contributed by atoms with Gasteiger partial charge in [-0.15, -0.1) is 11.3 Å². The van der Waals surface area contributed by atoms with Gasteiger partial charge in [0, 0.05) is 58.0 Å². The maximum atomic E-state index is 13.1. The smallest absolute Gasteiger partial charge is 0.335 e. The molecule has 4 heterocycles. The summed E-state index contributed by atoms with van der Waals surface area (Å²) in [4.78, 5) is 37.0. The molecule has 0 radical (unpaired) electrons. The lowest BCUT2D eigenvalue weighted by Crippen LogP contribution is -2.43. The molecular weight excluding hydrogens is 482 g/mol. The molecule has 36 heavy (non-hydrogen) atoms. The van der Waals surface area contributed by atoms with Crippen LogP contribution in [0, 0.1) is 0 Å². The Bertz CT molecular complexity index is 1440. The number of rotatable bonds is 8. The van der Waals surface area contributed by atoms with E-state index in [4.69, 9.17) is 9.47 Å². The second kappa shape index (κ2) is 10.5. The van der Waals surface area contributed by atoms with Crippen LogP contribution in [0.15, 0.2) is 46.8 Å². The van der Waals surface area contributed by atoms with E-state index in [1.54, 1.807) is 38.0 Å². The number of methoxy groups -OCH3 is 1. The Balaban J connectivity index is 1.40. The molecule has 1 aliphatic rings. The largest absolute Gasteiger partial charge is 0.491 e. The summed E-state index contributed by atoms with van der Waals surface area (Å²) in [5.74, 6) is 0.285. The second-order valence-electron chi connectivity index (χ2n) is 8.27. The van der Waals surface area contributed by atoms with Crippen molar-refractivity contribution in [3.8, 4) is 10.9 Å². The Morgan fingerprint density at radius 1 is 1.19 bits per heavy atom. The Labute approximate surface area is 211 Å². The zero-order chi connectivity index (χ0) is 25.1. The van der Waals surface area contributed by atoms with Crippen molar-refractivity contribution in [2.24, 2.45) is 7.05 Å². The normalized spacial score (nSPS) is 13.8. The SMILES string of the molecule is COCCOc1ccc2c(c1)n(C)c(=O)n2-c1nc(C(=O)Nc2cnccc2N2CCNCC2)cs1. The highest BCUT2D eigenvalue weighted by Crippen LogP contribution is 2.27. The first-order chi connectivity index (χ1) is 17.6. The van der Waals surface area contributed by atoms with Crippen molar-refractivity contribution in [3.63, 3.8) is 0 Å². The van der Waals surface area contributed by atoms with Gasteiger partial charge in [-0.1, -0.05) is 0 Å². The molecule has 2 N–H and O–H groups in total. The minimum Gasteiger partial charge on any atom is -0.491 e. The summed E-state index contributed by atoms with van der Waals surface area (Å²) in [5, 5.41) is 8.33. The molecule has 0 unspecified atom stereocenters. The Kier molecular flexibility index (Phi) is 6.98. The van der Waals surface area contributed by atoms with Gasteiger partial charge >= 0.3 is 5.69 Å². The number of carbonyl (C=O) groups is 1. The lowest BCUT2D eigenvalue weighted by Gasteiger charge is -2.30. The highest BCUT2D eigenvalue weighted by atomic mass is 32.1. The maximum absolute atomic E-state index is 13.1. The summed E-state index contributed by atoms with van der Waals surface area (Å²) < 4.78 is 13.7. The number of anilines is 2. The third-order valence-corrected chi connectivity index (χ3v) is 6.83. The quantitative estimate of drug-likeness (QED) is 0.346. The number of pyridine rings is 1. The van der Waals surface area contributed by atoms with Gasteiger partial charge in [-0.25, -0.2) is 14.3 Å². The van der Waals surface area contributed by atoms with Crippen molar-refractivity contribution in [1.29, 1.82) is 0 Å². The zero-order valence-corrected chi connectivity index (χ0v) is 20.9. The summed E-state index contributed by atoms with van der Waals surface area (Å²) in [6.07, 6.45) is 3.36. The number of ether oxygens (including phenoxy) is 2. The van der Waals surface area contributed by atoms with Gasteiger partial charge in [0.1, 0.15) is 18.1 Å². The summed E-state index contributed by atoms with van der Waals surface area (Å²) in [6, 6.07) is 7.32. The third-order valence-electron chi connectivity index (χ3n) is 6.00. The van der Waals surface area contributed by atoms with E-state index in [0.717, 1.165) is 31.9 Å². The number of fused-ring (bicyclic) bond motifs is 1. The molecular formula is C24H27N7O4S. The lowest BCUT2D eigenvalue weighted by atomic mass is 10.2. The summed E-state index contributed by atoms with van der Waals surface area (Å²) in [6.45, 7) is 4.33. The minimum atomic E-state index is -0.357. The van der Waals surface area contributed by atoms with E-state index >= 15 is 0 Å². The molecule has 0 spiro atoms. The van der Waals surface area contributed by atoms with Crippen LogP contribution in [0.3, 0.4) is 0 Å². The van der Waals surface area contributed by atoms with E-state index in [-0.39, 0.29) is 17.3 Å². The van der Waals surface area contributed by atoms with Gasteiger partial charge in [-0.3, -0.25) is 14.3 Å². The van der Waals surface area contributed by atoms with Crippen molar-refractivity contribution in [2.45, 2.75) is 0 Å². The first-order valence-electron chi connectivity index (χ1n) is 11.6. The van der Waals surface area contributed by atoms with Crippen LogP contribution < -0.4 is 26.0 Å². The zero-order valence-electron chi connectivity index (χ0n) is 20.1. The molecule has 0 atom stereocenters. The van der Waals surface area contributed by atoms with E-state index in [1.165, 1.54) is 20.5 Å². The first kappa shape index (κ1) is 24.0. The Hall–Kier alpha value is -3.74. The number of aromatic nitrogens is 4. The number of nitrogens with one attached hydrogen (secondary N) is 2. The molecule has 1 fully saturated rings. The van der Waals surface area contributed by atoms with Crippen LogP contribution in [-0.4, -0.2) is 71.5 Å². The average molecular weight is 510 g/mol. The van der Waals surface area contributed by atoms with E-state index in [2.05, 4.69) is 25.5 Å². The average Bonchev–Trinajstić information content (AvgIpc) is 3.48. The fourth-order valence-corrected chi connectivity index (χ4v) is 4.97. The Morgan fingerprint density at radius 3 is 2.83 bits per heavy atom. The summed E-state index contributed by atoms with van der Waals surface area (Å²) in [5.41, 5.74) is 2.90. The molecule has 11 nitrogen and oxygen atoms in total. The number of hydrogen-bond acceptors (Lipinski definition) is 9. The number of benzene rings is 1. The number of carbonyl (C=O) groups excluding carboxylic acids is 1. The van der Waals surface area contributed by atoms with E-state index in [0.29, 0.717) is 40.8 Å². The van der Waals surface area contributed by atoms with Crippen LogP contribution in [0.2, 0.25) is 0 Å². The van der Waals surface area contributed by atoms with Gasteiger partial charge in [0.05, 0.1) is 35.2 Å². The van der Waals surface area contributed by atoms with Gasteiger partial charge in [0.15, 0.2) is 5.13 Å². The number of thiazole rings is 1. The molecule has 1 amide bonds. The van der Waals surface area contributed by atoms with Crippen LogP contribution in [0.1, 0.15) is 10.5 Å². The molecule has 0 aliphatic carbocycles. The number of aryl methyl sites for hydroxylation is 1. The maximum Gasteiger partial charge on any atom is 0.335 e. The van der Waals surface area contributed by atoms with Crippen LogP contribution >= 0.6 is 11.3 Å². The molecule has 0 saturated carbocycles. The molecule has 0 bridgehead atoms. The third kappa shape index (κ3) is 4.70. The Morgan fingerprint density at radius 2 is 2.03 bits per heavy atom. The predicted molar refractivity (Wildman–Crippen MR) is 139 cm³/mol. The fraction of sp³-hybridized carbons (Fsp3) is 0.333. The molecule has 12 heteroatoms. The molecule has 4 aromatic rings.